The lowest BCUT2D eigenvalue weighted by Gasteiger charge is -2.10. The van der Waals surface area contributed by atoms with Crippen molar-refractivity contribution in [3.05, 3.63) is 58.9 Å². The molecule has 4 nitrogen and oxygen atoms in total. The Morgan fingerprint density at radius 1 is 1.20 bits per heavy atom. The number of ether oxygens (including phenoxy) is 1. The van der Waals surface area contributed by atoms with Crippen molar-refractivity contribution >= 4 is 11.8 Å². The fraction of sp³-hybridized carbons (Fsp3) is 0.250. The van der Waals surface area contributed by atoms with Gasteiger partial charge in [0.1, 0.15) is 5.69 Å². The molecule has 0 aliphatic rings. The highest BCUT2D eigenvalue weighted by Gasteiger charge is 2.20. The minimum Gasteiger partial charge on any atom is -0.464 e. The second-order valence-electron chi connectivity index (χ2n) is 4.65. The Morgan fingerprint density at radius 2 is 1.85 bits per heavy atom. The summed E-state index contributed by atoms with van der Waals surface area (Å²) in [6, 6.07) is 11.4. The Bertz CT molecular complexity index is 641. The van der Waals surface area contributed by atoms with E-state index in [1.54, 1.807) is 6.07 Å². The second-order valence-corrected chi connectivity index (χ2v) is 4.65. The maximum Gasteiger partial charge on any atom is 0.354 e. The van der Waals surface area contributed by atoms with Gasteiger partial charge in [0.25, 0.3) is 0 Å². The van der Waals surface area contributed by atoms with Crippen molar-refractivity contribution in [1.29, 1.82) is 0 Å². The van der Waals surface area contributed by atoms with Crippen LogP contribution >= 0.6 is 0 Å². The molecule has 0 unspecified atom stereocenters. The third-order valence-corrected chi connectivity index (χ3v) is 3.32. The molecule has 0 radical (unpaired) electrons. The molecular formula is C16H17NO3. The molecule has 0 aliphatic carbocycles. The zero-order valence-corrected chi connectivity index (χ0v) is 11.8. The van der Waals surface area contributed by atoms with Gasteiger partial charge in [-0.2, -0.15) is 0 Å². The quantitative estimate of drug-likeness (QED) is 0.634. The molecule has 1 aromatic carbocycles. The van der Waals surface area contributed by atoms with Crippen molar-refractivity contribution in [2.75, 3.05) is 7.11 Å². The molecule has 0 aliphatic heterocycles. The van der Waals surface area contributed by atoms with Crippen molar-refractivity contribution in [2.24, 2.45) is 0 Å². The van der Waals surface area contributed by atoms with Gasteiger partial charge in [-0.25, -0.2) is 4.79 Å². The number of Topliss-reactive ketones (excluding diaryl/α,β-unsaturated/α-hetero) is 1. The van der Waals surface area contributed by atoms with Crippen LogP contribution in [0.25, 0.3) is 0 Å². The van der Waals surface area contributed by atoms with Gasteiger partial charge in [0.15, 0.2) is 5.78 Å². The van der Waals surface area contributed by atoms with Crippen molar-refractivity contribution in [2.45, 2.75) is 20.4 Å². The minimum absolute atomic E-state index is 0.0561. The Morgan fingerprint density at radius 3 is 2.40 bits per heavy atom. The third kappa shape index (κ3) is 2.64. The van der Waals surface area contributed by atoms with Crippen LogP contribution in [-0.2, 0) is 11.3 Å². The van der Waals surface area contributed by atoms with E-state index in [0.717, 1.165) is 11.3 Å². The number of benzene rings is 1. The fourth-order valence-corrected chi connectivity index (χ4v) is 2.24. The SMILES string of the molecule is COC(=O)c1cc(C(C)=O)c(C)n1Cc1ccccc1. The van der Waals surface area contributed by atoms with Gasteiger partial charge in [-0.1, -0.05) is 30.3 Å². The molecule has 2 rings (SSSR count). The number of carbonyl (C=O) groups is 2. The van der Waals surface area contributed by atoms with Crippen molar-refractivity contribution in [1.82, 2.24) is 4.57 Å². The zero-order valence-electron chi connectivity index (χ0n) is 11.8. The molecule has 0 spiro atoms. The van der Waals surface area contributed by atoms with Gasteiger partial charge < -0.3 is 9.30 Å². The molecule has 0 saturated heterocycles. The van der Waals surface area contributed by atoms with Crippen LogP contribution in [0, 0.1) is 6.92 Å². The van der Waals surface area contributed by atoms with Gasteiger partial charge in [-0.3, -0.25) is 4.79 Å². The molecule has 0 fully saturated rings. The van der Waals surface area contributed by atoms with Crippen LogP contribution in [0.4, 0.5) is 0 Å². The summed E-state index contributed by atoms with van der Waals surface area (Å²) in [4.78, 5) is 23.5. The number of aromatic nitrogens is 1. The normalized spacial score (nSPS) is 10.3. The minimum atomic E-state index is -0.434. The molecule has 104 valence electrons. The summed E-state index contributed by atoms with van der Waals surface area (Å²) < 4.78 is 6.61. The molecular weight excluding hydrogens is 254 g/mol. The predicted molar refractivity (Wildman–Crippen MR) is 76.1 cm³/mol. The third-order valence-electron chi connectivity index (χ3n) is 3.32. The smallest absolute Gasteiger partial charge is 0.354 e. The Labute approximate surface area is 118 Å². The van der Waals surface area contributed by atoms with Crippen LogP contribution in [0.1, 0.15) is 39.0 Å². The van der Waals surface area contributed by atoms with E-state index in [9.17, 15) is 9.59 Å². The summed E-state index contributed by atoms with van der Waals surface area (Å²) in [5.74, 6) is -0.490. The lowest BCUT2D eigenvalue weighted by molar-refractivity contribution is 0.0588. The lowest BCUT2D eigenvalue weighted by atomic mass is 10.2. The van der Waals surface area contributed by atoms with Crippen LogP contribution in [0.15, 0.2) is 36.4 Å². The number of rotatable bonds is 4. The first-order chi connectivity index (χ1) is 9.54. The lowest BCUT2D eigenvalue weighted by Crippen LogP contribution is -2.12. The highest BCUT2D eigenvalue weighted by Crippen LogP contribution is 2.19. The number of hydrogen-bond acceptors (Lipinski definition) is 3. The summed E-state index contributed by atoms with van der Waals surface area (Å²) in [5.41, 5.74) is 2.80. The number of esters is 1. The van der Waals surface area contributed by atoms with Gasteiger partial charge in [-0.15, -0.1) is 0 Å². The van der Waals surface area contributed by atoms with Crippen LogP contribution in [0.2, 0.25) is 0 Å². The van der Waals surface area contributed by atoms with Gasteiger partial charge in [0.05, 0.1) is 7.11 Å². The maximum atomic E-state index is 11.9. The van der Waals surface area contributed by atoms with Crippen molar-refractivity contribution in [3.63, 3.8) is 0 Å². The Hall–Kier alpha value is -2.36. The highest BCUT2D eigenvalue weighted by molar-refractivity contribution is 5.99. The molecule has 0 atom stereocenters. The first kappa shape index (κ1) is 14.1. The maximum absolute atomic E-state index is 11.9. The van der Waals surface area contributed by atoms with Crippen molar-refractivity contribution in [3.8, 4) is 0 Å². The Kier molecular flexibility index (Phi) is 4.03. The summed E-state index contributed by atoms with van der Waals surface area (Å²) in [6.45, 7) is 3.87. The number of carbonyl (C=O) groups excluding carboxylic acids is 2. The van der Waals surface area contributed by atoms with E-state index in [1.807, 2.05) is 41.8 Å². The van der Waals surface area contributed by atoms with Crippen LogP contribution in [0.3, 0.4) is 0 Å². The average Bonchev–Trinajstić information content (AvgIpc) is 2.77. The first-order valence-electron chi connectivity index (χ1n) is 6.38. The van der Waals surface area contributed by atoms with Crippen LogP contribution in [0.5, 0.6) is 0 Å². The van der Waals surface area contributed by atoms with Gasteiger partial charge >= 0.3 is 5.97 Å². The largest absolute Gasteiger partial charge is 0.464 e. The van der Waals surface area contributed by atoms with E-state index in [-0.39, 0.29) is 5.78 Å². The summed E-state index contributed by atoms with van der Waals surface area (Å²) in [7, 11) is 1.34. The van der Waals surface area contributed by atoms with E-state index in [4.69, 9.17) is 4.74 Å². The summed E-state index contributed by atoms with van der Waals surface area (Å²) >= 11 is 0. The topological polar surface area (TPSA) is 48.3 Å². The highest BCUT2D eigenvalue weighted by atomic mass is 16.5. The number of nitrogens with zero attached hydrogens (tertiary/aromatic N) is 1. The molecule has 2 aromatic rings. The summed E-state index contributed by atoms with van der Waals surface area (Å²) in [5, 5.41) is 0. The van der Waals surface area contributed by atoms with Crippen molar-refractivity contribution < 1.29 is 14.3 Å². The summed E-state index contributed by atoms with van der Waals surface area (Å²) in [6.07, 6.45) is 0. The van der Waals surface area contributed by atoms with E-state index in [0.29, 0.717) is 17.8 Å². The molecule has 0 bridgehead atoms. The molecule has 1 heterocycles. The standard InChI is InChI=1S/C16H17NO3/c1-11-14(12(2)18)9-15(16(19)20-3)17(11)10-13-7-5-4-6-8-13/h4-9H,10H2,1-3H3. The Balaban J connectivity index is 2.49. The predicted octanol–water partition coefficient (Wildman–Crippen LogP) is 2.83. The van der Waals surface area contributed by atoms with Gasteiger partial charge in [-0.05, 0) is 25.5 Å². The number of methoxy groups -OCH3 is 1. The molecule has 4 heteroatoms. The monoisotopic (exact) mass is 271 g/mol. The van der Waals surface area contributed by atoms with E-state index < -0.39 is 5.97 Å². The molecule has 0 N–H and O–H groups in total. The van der Waals surface area contributed by atoms with Gasteiger partial charge in [0, 0.05) is 17.8 Å². The van der Waals surface area contributed by atoms with Crippen LogP contribution in [-0.4, -0.2) is 23.4 Å². The van der Waals surface area contributed by atoms with E-state index in [1.165, 1.54) is 14.0 Å². The molecule has 0 amide bonds. The first-order valence-corrected chi connectivity index (χ1v) is 6.38. The molecule has 0 saturated carbocycles. The average molecular weight is 271 g/mol. The van der Waals surface area contributed by atoms with E-state index >= 15 is 0 Å². The zero-order chi connectivity index (χ0) is 14.7. The number of hydrogen-bond donors (Lipinski definition) is 0. The number of ketones is 1. The molecule has 20 heavy (non-hydrogen) atoms. The van der Waals surface area contributed by atoms with Gasteiger partial charge in [0.2, 0.25) is 0 Å². The molecule has 1 aromatic heterocycles. The fourth-order valence-electron chi connectivity index (χ4n) is 2.24. The second kappa shape index (κ2) is 5.74. The van der Waals surface area contributed by atoms with E-state index in [2.05, 4.69) is 0 Å². The van der Waals surface area contributed by atoms with Crippen LogP contribution < -0.4 is 0 Å².